The summed E-state index contributed by atoms with van der Waals surface area (Å²) in [5.74, 6) is -0.366. The lowest BCUT2D eigenvalue weighted by atomic mass is 9.95. The molecular formula is C20H19NO4. The second-order valence-corrected chi connectivity index (χ2v) is 6.89. The molecule has 2 saturated heterocycles. The van der Waals surface area contributed by atoms with E-state index >= 15 is 0 Å². The minimum absolute atomic E-state index is 0.0448. The van der Waals surface area contributed by atoms with Crippen LogP contribution in [-0.2, 0) is 14.3 Å². The van der Waals surface area contributed by atoms with Crippen molar-refractivity contribution in [1.29, 1.82) is 0 Å². The standard InChI is InChI=1S/C20H19NO4/c22-16-10-25-18-15(9-24-19(16)18)21-20(23)17-13-7-3-1-5-11(13)12-6-2-4-8-14(12)17/h1-8,15-19,22H,9-10H2,(H,21,23)/t15-,16-,18+,19+/m0/s1. The number of hydrogen-bond acceptors (Lipinski definition) is 4. The van der Waals surface area contributed by atoms with Crippen molar-refractivity contribution in [2.45, 2.75) is 30.3 Å². The SMILES string of the molecule is O=C(N[C@H]1CO[C@H]2[C@@H]1OC[C@@H]2O)C1c2ccccc2-c2ccccc21. The number of nitrogens with one attached hydrogen (secondary N) is 1. The van der Waals surface area contributed by atoms with Crippen molar-refractivity contribution in [3.63, 3.8) is 0 Å². The van der Waals surface area contributed by atoms with Crippen molar-refractivity contribution in [2.24, 2.45) is 0 Å². The van der Waals surface area contributed by atoms with Crippen LogP contribution in [0.15, 0.2) is 48.5 Å². The number of aliphatic hydroxyl groups is 1. The summed E-state index contributed by atoms with van der Waals surface area (Å²) < 4.78 is 11.2. The summed E-state index contributed by atoms with van der Waals surface area (Å²) in [4.78, 5) is 13.1. The lowest BCUT2D eigenvalue weighted by molar-refractivity contribution is -0.123. The van der Waals surface area contributed by atoms with Gasteiger partial charge in [0.2, 0.25) is 5.91 Å². The number of fused-ring (bicyclic) bond motifs is 4. The van der Waals surface area contributed by atoms with Gasteiger partial charge in [-0.15, -0.1) is 0 Å². The molecule has 0 spiro atoms. The summed E-state index contributed by atoms with van der Waals surface area (Å²) in [5.41, 5.74) is 4.30. The summed E-state index contributed by atoms with van der Waals surface area (Å²) in [5, 5.41) is 13.0. The molecule has 5 nitrogen and oxygen atoms in total. The van der Waals surface area contributed by atoms with Crippen LogP contribution in [0.25, 0.3) is 11.1 Å². The fraction of sp³-hybridized carbons (Fsp3) is 0.350. The van der Waals surface area contributed by atoms with Gasteiger partial charge in [0.25, 0.3) is 0 Å². The Hall–Kier alpha value is -2.21. The van der Waals surface area contributed by atoms with E-state index in [1.54, 1.807) is 0 Å². The number of carbonyl (C=O) groups is 1. The molecule has 25 heavy (non-hydrogen) atoms. The van der Waals surface area contributed by atoms with Gasteiger partial charge < -0.3 is 19.9 Å². The van der Waals surface area contributed by atoms with Crippen molar-refractivity contribution >= 4 is 5.91 Å². The molecule has 1 amide bonds. The molecule has 5 rings (SSSR count). The van der Waals surface area contributed by atoms with E-state index in [1.165, 1.54) is 0 Å². The summed E-state index contributed by atoms with van der Waals surface area (Å²) in [6.07, 6.45) is -1.22. The average Bonchev–Trinajstić information content (AvgIpc) is 3.29. The highest BCUT2D eigenvalue weighted by atomic mass is 16.6. The van der Waals surface area contributed by atoms with Crippen molar-refractivity contribution in [3.05, 3.63) is 59.7 Å². The molecule has 0 bridgehead atoms. The largest absolute Gasteiger partial charge is 0.388 e. The number of hydrogen-bond donors (Lipinski definition) is 2. The Balaban J connectivity index is 1.44. The van der Waals surface area contributed by atoms with E-state index in [-0.39, 0.29) is 36.7 Å². The molecule has 0 radical (unpaired) electrons. The minimum atomic E-state index is -0.611. The normalized spacial score (nSPS) is 30.0. The molecule has 0 aromatic heterocycles. The Morgan fingerprint density at radius 1 is 0.920 bits per heavy atom. The number of aliphatic hydroxyl groups excluding tert-OH is 1. The van der Waals surface area contributed by atoms with Crippen LogP contribution < -0.4 is 5.32 Å². The second kappa shape index (κ2) is 5.66. The van der Waals surface area contributed by atoms with E-state index in [0.29, 0.717) is 6.61 Å². The van der Waals surface area contributed by atoms with Gasteiger partial charge >= 0.3 is 0 Å². The minimum Gasteiger partial charge on any atom is -0.388 e. The molecule has 2 heterocycles. The van der Waals surface area contributed by atoms with Crippen molar-refractivity contribution in [2.75, 3.05) is 13.2 Å². The summed E-state index contributed by atoms with van der Waals surface area (Å²) in [7, 11) is 0. The highest BCUT2D eigenvalue weighted by Crippen LogP contribution is 2.44. The lowest BCUT2D eigenvalue weighted by Gasteiger charge is -2.21. The predicted octanol–water partition coefficient (Wildman–Crippen LogP) is 1.44. The van der Waals surface area contributed by atoms with Crippen LogP contribution in [0.5, 0.6) is 0 Å². The Labute approximate surface area is 145 Å². The Morgan fingerprint density at radius 3 is 2.20 bits per heavy atom. The van der Waals surface area contributed by atoms with Gasteiger partial charge in [0.1, 0.15) is 18.3 Å². The van der Waals surface area contributed by atoms with E-state index in [9.17, 15) is 9.90 Å². The highest BCUT2D eigenvalue weighted by Gasteiger charge is 2.48. The maximum absolute atomic E-state index is 13.1. The number of carbonyl (C=O) groups excluding carboxylic acids is 1. The molecule has 2 aromatic rings. The van der Waals surface area contributed by atoms with Crippen LogP contribution in [0.1, 0.15) is 17.0 Å². The molecule has 1 aliphatic carbocycles. The van der Waals surface area contributed by atoms with Crippen molar-refractivity contribution in [3.8, 4) is 11.1 Å². The summed E-state index contributed by atoms with van der Waals surface area (Å²) >= 11 is 0. The van der Waals surface area contributed by atoms with Gasteiger partial charge in [-0.05, 0) is 22.3 Å². The Morgan fingerprint density at radius 2 is 1.52 bits per heavy atom. The number of benzene rings is 2. The molecule has 2 aromatic carbocycles. The summed E-state index contributed by atoms with van der Waals surface area (Å²) in [6.45, 7) is 0.630. The van der Waals surface area contributed by atoms with E-state index < -0.39 is 6.10 Å². The third kappa shape index (κ3) is 2.24. The lowest BCUT2D eigenvalue weighted by Crippen LogP contribution is -2.45. The average molecular weight is 337 g/mol. The van der Waals surface area contributed by atoms with E-state index in [1.807, 2.05) is 36.4 Å². The molecule has 3 aliphatic rings. The fourth-order valence-corrected chi connectivity index (χ4v) is 4.31. The molecule has 5 heteroatoms. The van der Waals surface area contributed by atoms with E-state index in [4.69, 9.17) is 9.47 Å². The van der Waals surface area contributed by atoms with E-state index in [2.05, 4.69) is 17.4 Å². The molecule has 4 atom stereocenters. The van der Waals surface area contributed by atoms with Crippen LogP contribution in [-0.4, -0.2) is 48.6 Å². The molecule has 2 fully saturated rings. The monoisotopic (exact) mass is 337 g/mol. The Kier molecular flexibility index (Phi) is 3.41. The zero-order valence-electron chi connectivity index (χ0n) is 13.6. The topological polar surface area (TPSA) is 67.8 Å². The zero-order chi connectivity index (χ0) is 17.0. The first-order valence-electron chi connectivity index (χ1n) is 8.64. The van der Waals surface area contributed by atoms with Gasteiger partial charge in [-0.25, -0.2) is 0 Å². The van der Waals surface area contributed by atoms with Crippen LogP contribution in [0.3, 0.4) is 0 Å². The highest BCUT2D eigenvalue weighted by molar-refractivity contribution is 5.96. The van der Waals surface area contributed by atoms with Gasteiger partial charge in [-0.2, -0.15) is 0 Å². The third-order valence-electron chi connectivity index (χ3n) is 5.45. The smallest absolute Gasteiger partial charge is 0.232 e. The second-order valence-electron chi connectivity index (χ2n) is 6.89. The molecule has 2 N–H and O–H groups in total. The first-order valence-corrected chi connectivity index (χ1v) is 8.64. The Bertz CT molecular complexity index is 790. The first kappa shape index (κ1) is 15.1. The quantitative estimate of drug-likeness (QED) is 0.870. The van der Waals surface area contributed by atoms with Gasteiger partial charge in [-0.1, -0.05) is 48.5 Å². The van der Waals surface area contributed by atoms with Crippen LogP contribution >= 0.6 is 0 Å². The zero-order valence-corrected chi connectivity index (χ0v) is 13.6. The number of rotatable bonds is 2. The predicted molar refractivity (Wildman–Crippen MR) is 91.1 cm³/mol. The van der Waals surface area contributed by atoms with Gasteiger partial charge in [0.05, 0.1) is 25.2 Å². The summed E-state index contributed by atoms with van der Waals surface area (Å²) in [6, 6.07) is 15.9. The number of ether oxygens (including phenoxy) is 2. The van der Waals surface area contributed by atoms with Crippen LogP contribution in [0, 0.1) is 0 Å². The van der Waals surface area contributed by atoms with Crippen molar-refractivity contribution < 1.29 is 19.4 Å². The molecule has 0 saturated carbocycles. The third-order valence-corrected chi connectivity index (χ3v) is 5.45. The van der Waals surface area contributed by atoms with Crippen LogP contribution in [0.2, 0.25) is 0 Å². The van der Waals surface area contributed by atoms with E-state index in [0.717, 1.165) is 22.3 Å². The molecule has 2 aliphatic heterocycles. The van der Waals surface area contributed by atoms with Gasteiger partial charge in [0.15, 0.2) is 0 Å². The van der Waals surface area contributed by atoms with Crippen molar-refractivity contribution in [1.82, 2.24) is 5.32 Å². The first-order chi connectivity index (χ1) is 12.2. The van der Waals surface area contributed by atoms with Crippen LogP contribution in [0.4, 0.5) is 0 Å². The fourth-order valence-electron chi connectivity index (χ4n) is 4.31. The van der Waals surface area contributed by atoms with Gasteiger partial charge in [0, 0.05) is 0 Å². The molecular weight excluding hydrogens is 318 g/mol. The molecule has 0 unspecified atom stereocenters. The maximum atomic E-state index is 13.1. The molecule has 128 valence electrons. The van der Waals surface area contributed by atoms with Gasteiger partial charge in [-0.3, -0.25) is 4.79 Å². The number of amides is 1. The maximum Gasteiger partial charge on any atom is 0.232 e.